The lowest BCUT2D eigenvalue weighted by atomic mass is 10.1. The van der Waals surface area contributed by atoms with Crippen molar-refractivity contribution in [2.24, 2.45) is 5.92 Å². The van der Waals surface area contributed by atoms with Crippen LogP contribution in [0.3, 0.4) is 0 Å². The molecule has 1 aromatic rings. The lowest BCUT2D eigenvalue weighted by Crippen LogP contribution is -2.38. The van der Waals surface area contributed by atoms with Crippen molar-refractivity contribution in [1.29, 1.82) is 0 Å². The molecule has 20 heavy (non-hydrogen) atoms. The molecule has 1 aliphatic rings. The van der Waals surface area contributed by atoms with E-state index in [2.05, 4.69) is 30.9 Å². The van der Waals surface area contributed by atoms with E-state index in [9.17, 15) is 5.11 Å². The van der Waals surface area contributed by atoms with Crippen molar-refractivity contribution in [3.05, 3.63) is 12.2 Å². The van der Waals surface area contributed by atoms with Crippen LogP contribution in [0.25, 0.3) is 0 Å². The Bertz CT molecular complexity index is 411. The Labute approximate surface area is 130 Å². The predicted octanol–water partition coefficient (Wildman–Crippen LogP) is 2.46. The van der Waals surface area contributed by atoms with Gasteiger partial charge in [0.15, 0.2) is 0 Å². The van der Waals surface area contributed by atoms with Gasteiger partial charge in [0.05, 0.1) is 6.10 Å². The lowest BCUT2D eigenvalue weighted by molar-refractivity contribution is 0.165. The highest BCUT2D eigenvalue weighted by atomic mass is 32.2. The lowest BCUT2D eigenvalue weighted by Gasteiger charge is -2.33. The Morgan fingerprint density at radius 3 is 2.85 bits per heavy atom. The predicted molar refractivity (Wildman–Crippen MR) is 87.4 cm³/mol. The molecule has 114 valence electrons. The molecule has 1 aromatic heterocycles. The van der Waals surface area contributed by atoms with E-state index in [0.29, 0.717) is 22.8 Å². The maximum Gasteiger partial charge on any atom is 0.138 e. The second kappa shape index (κ2) is 7.71. The fourth-order valence-electron chi connectivity index (χ4n) is 2.54. The highest BCUT2D eigenvalue weighted by Gasteiger charge is 2.31. The van der Waals surface area contributed by atoms with Gasteiger partial charge in [0.1, 0.15) is 12.2 Å². The van der Waals surface area contributed by atoms with Crippen LogP contribution in [0.2, 0.25) is 0 Å². The van der Waals surface area contributed by atoms with Crippen LogP contribution < -0.4 is 0 Å². The largest absolute Gasteiger partial charge is 0.391 e. The molecular weight excluding hydrogens is 290 g/mol. The highest BCUT2D eigenvalue weighted by Crippen LogP contribution is 2.35. The Hall–Kier alpha value is -0.200. The van der Waals surface area contributed by atoms with Crippen molar-refractivity contribution >= 4 is 23.5 Å². The minimum absolute atomic E-state index is 0.322. The molecular formula is C14H25N3OS2. The van der Waals surface area contributed by atoms with E-state index in [-0.39, 0.29) is 6.10 Å². The van der Waals surface area contributed by atoms with Gasteiger partial charge in [-0.05, 0) is 12.3 Å². The third-order valence-electron chi connectivity index (χ3n) is 3.50. The van der Waals surface area contributed by atoms with Gasteiger partial charge in [-0.2, -0.15) is 28.6 Å². The van der Waals surface area contributed by atoms with Gasteiger partial charge in [0, 0.05) is 35.0 Å². The third kappa shape index (κ3) is 4.15. The maximum atomic E-state index is 10.6. The van der Waals surface area contributed by atoms with Gasteiger partial charge in [-0.25, -0.2) is 9.67 Å². The van der Waals surface area contributed by atoms with Crippen molar-refractivity contribution in [3.63, 3.8) is 0 Å². The summed E-state index contributed by atoms with van der Waals surface area (Å²) >= 11 is 3.92. The van der Waals surface area contributed by atoms with Crippen molar-refractivity contribution < 1.29 is 5.11 Å². The molecule has 1 aliphatic heterocycles. The van der Waals surface area contributed by atoms with E-state index >= 15 is 0 Å². The van der Waals surface area contributed by atoms with Gasteiger partial charge in [-0.1, -0.05) is 20.8 Å². The molecule has 3 atom stereocenters. The monoisotopic (exact) mass is 315 g/mol. The molecule has 0 aromatic carbocycles. The summed E-state index contributed by atoms with van der Waals surface area (Å²) < 4.78 is 1.94. The second-order valence-corrected chi connectivity index (χ2v) is 8.31. The fraction of sp³-hybridized carbons (Fsp3) is 0.857. The molecule has 3 unspecified atom stereocenters. The van der Waals surface area contributed by atoms with Crippen LogP contribution >= 0.6 is 23.5 Å². The minimum atomic E-state index is -0.326. The molecule has 2 heterocycles. The number of hydrogen-bond donors (Lipinski definition) is 1. The van der Waals surface area contributed by atoms with Crippen LogP contribution in [0, 0.1) is 5.92 Å². The molecule has 2 rings (SSSR count). The van der Waals surface area contributed by atoms with Crippen molar-refractivity contribution in [1.82, 2.24) is 14.8 Å². The molecule has 0 bridgehead atoms. The number of thioether (sulfide) groups is 2. The SMILES string of the molecule is CCC1SCCSC1C(O)Cc1ncnn1CC(C)C. The highest BCUT2D eigenvalue weighted by molar-refractivity contribution is 8.07. The summed E-state index contributed by atoms with van der Waals surface area (Å²) in [5, 5.41) is 15.7. The zero-order valence-electron chi connectivity index (χ0n) is 12.5. The van der Waals surface area contributed by atoms with Crippen LogP contribution in [0.4, 0.5) is 0 Å². The molecule has 0 radical (unpaired) electrons. The number of aromatic nitrogens is 3. The first kappa shape index (κ1) is 16.2. The van der Waals surface area contributed by atoms with E-state index in [1.807, 2.05) is 28.2 Å². The Balaban J connectivity index is 1.99. The van der Waals surface area contributed by atoms with E-state index in [0.717, 1.165) is 24.5 Å². The molecule has 1 fully saturated rings. The molecule has 6 heteroatoms. The van der Waals surface area contributed by atoms with Crippen molar-refractivity contribution in [2.45, 2.75) is 56.8 Å². The summed E-state index contributed by atoms with van der Waals surface area (Å²) in [7, 11) is 0. The van der Waals surface area contributed by atoms with Crippen molar-refractivity contribution in [2.75, 3.05) is 11.5 Å². The summed E-state index contributed by atoms with van der Waals surface area (Å²) in [6.07, 6.45) is 3.01. The molecule has 0 spiro atoms. The topological polar surface area (TPSA) is 50.9 Å². The molecule has 1 saturated heterocycles. The summed E-state index contributed by atoms with van der Waals surface area (Å²) in [5.41, 5.74) is 0. The smallest absolute Gasteiger partial charge is 0.138 e. The Kier molecular flexibility index (Phi) is 6.23. The number of rotatable bonds is 6. The molecule has 0 amide bonds. The van der Waals surface area contributed by atoms with E-state index in [4.69, 9.17) is 0 Å². The zero-order valence-corrected chi connectivity index (χ0v) is 14.2. The number of aliphatic hydroxyl groups excluding tert-OH is 1. The normalized spacial score (nSPS) is 25.1. The van der Waals surface area contributed by atoms with E-state index in [1.165, 1.54) is 5.75 Å². The first-order valence-electron chi connectivity index (χ1n) is 7.39. The van der Waals surface area contributed by atoms with Gasteiger partial charge >= 0.3 is 0 Å². The van der Waals surface area contributed by atoms with Crippen LogP contribution in [0.1, 0.15) is 33.0 Å². The molecule has 1 N–H and O–H groups in total. The third-order valence-corrected chi connectivity index (χ3v) is 6.89. The standard InChI is InChI=1S/C14H25N3OS2/c1-4-12-14(20-6-5-19-12)11(18)7-13-15-9-16-17(13)8-10(2)3/h9-12,14,18H,4-8H2,1-3H3. The van der Waals surface area contributed by atoms with Gasteiger partial charge in [0.25, 0.3) is 0 Å². The average molecular weight is 316 g/mol. The molecule has 4 nitrogen and oxygen atoms in total. The average Bonchev–Trinajstić information content (AvgIpc) is 2.85. The second-order valence-electron chi connectivity index (χ2n) is 5.68. The summed E-state index contributed by atoms with van der Waals surface area (Å²) in [4.78, 5) is 4.33. The van der Waals surface area contributed by atoms with Crippen LogP contribution in [-0.2, 0) is 13.0 Å². The van der Waals surface area contributed by atoms with E-state index in [1.54, 1.807) is 6.33 Å². The quantitative estimate of drug-likeness (QED) is 0.874. The first-order chi connectivity index (χ1) is 9.61. The summed E-state index contributed by atoms with van der Waals surface area (Å²) in [6, 6.07) is 0. The van der Waals surface area contributed by atoms with Gasteiger partial charge < -0.3 is 5.11 Å². The van der Waals surface area contributed by atoms with Crippen LogP contribution in [0.5, 0.6) is 0 Å². The summed E-state index contributed by atoms with van der Waals surface area (Å²) in [5.74, 6) is 3.80. The Morgan fingerprint density at radius 2 is 2.15 bits per heavy atom. The number of hydrogen-bond acceptors (Lipinski definition) is 5. The summed E-state index contributed by atoms with van der Waals surface area (Å²) in [6.45, 7) is 7.42. The Morgan fingerprint density at radius 1 is 1.40 bits per heavy atom. The van der Waals surface area contributed by atoms with Crippen molar-refractivity contribution in [3.8, 4) is 0 Å². The molecule has 0 saturated carbocycles. The van der Waals surface area contributed by atoms with Gasteiger partial charge in [0.2, 0.25) is 0 Å². The maximum absolute atomic E-state index is 10.6. The van der Waals surface area contributed by atoms with Gasteiger partial charge in [-0.3, -0.25) is 0 Å². The van der Waals surface area contributed by atoms with Crippen LogP contribution in [0.15, 0.2) is 6.33 Å². The van der Waals surface area contributed by atoms with Crippen LogP contribution in [-0.4, -0.2) is 48.0 Å². The molecule has 0 aliphatic carbocycles. The minimum Gasteiger partial charge on any atom is -0.391 e. The number of nitrogens with zero attached hydrogens (tertiary/aromatic N) is 3. The number of aliphatic hydroxyl groups is 1. The van der Waals surface area contributed by atoms with E-state index < -0.39 is 0 Å². The van der Waals surface area contributed by atoms with Gasteiger partial charge in [-0.15, -0.1) is 0 Å². The zero-order chi connectivity index (χ0) is 14.5. The first-order valence-corrected chi connectivity index (χ1v) is 9.49. The fourth-order valence-corrected chi connectivity index (χ4v) is 5.69.